The zero-order valence-electron chi connectivity index (χ0n) is 13.2. The molecule has 1 amide bonds. The number of aromatic amines is 1. The van der Waals surface area contributed by atoms with Gasteiger partial charge in [0.1, 0.15) is 5.75 Å². The molecule has 5 heteroatoms. The van der Waals surface area contributed by atoms with Crippen molar-refractivity contribution < 1.29 is 9.53 Å². The van der Waals surface area contributed by atoms with E-state index >= 15 is 0 Å². The minimum atomic E-state index is -0.451. The van der Waals surface area contributed by atoms with Crippen molar-refractivity contribution in [2.24, 2.45) is 0 Å². The van der Waals surface area contributed by atoms with Gasteiger partial charge >= 0.3 is 0 Å². The fourth-order valence-corrected chi connectivity index (χ4v) is 3.58. The van der Waals surface area contributed by atoms with Gasteiger partial charge in [-0.05, 0) is 54.8 Å². The Morgan fingerprint density at radius 1 is 1.25 bits per heavy atom. The van der Waals surface area contributed by atoms with Crippen LogP contribution >= 0.6 is 15.9 Å². The van der Waals surface area contributed by atoms with Gasteiger partial charge in [0.05, 0.1) is 12.5 Å². The van der Waals surface area contributed by atoms with Crippen LogP contribution in [0.15, 0.2) is 53.1 Å². The maximum atomic E-state index is 12.9. The van der Waals surface area contributed by atoms with Gasteiger partial charge in [-0.3, -0.25) is 4.79 Å². The minimum absolute atomic E-state index is 0.0457. The summed E-state index contributed by atoms with van der Waals surface area (Å²) in [5.74, 6) is 0.843. The van der Waals surface area contributed by atoms with Crippen molar-refractivity contribution in [2.45, 2.75) is 18.3 Å². The lowest BCUT2D eigenvalue weighted by Crippen LogP contribution is -2.27. The first kappa shape index (κ1) is 15.3. The van der Waals surface area contributed by atoms with Gasteiger partial charge in [-0.15, -0.1) is 0 Å². The summed E-state index contributed by atoms with van der Waals surface area (Å²) in [4.78, 5) is 16.2. The fourth-order valence-electron chi connectivity index (χ4n) is 3.18. The summed E-state index contributed by atoms with van der Waals surface area (Å²) in [6.07, 6.45) is 3.67. The molecule has 0 saturated heterocycles. The zero-order valence-corrected chi connectivity index (χ0v) is 14.8. The van der Waals surface area contributed by atoms with Gasteiger partial charge in [-0.2, -0.15) is 0 Å². The van der Waals surface area contributed by atoms with Gasteiger partial charge < -0.3 is 15.0 Å². The van der Waals surface area contributed by atoms with Crippen LogP contribution in [0.5, 0.6) is 5.75 Å². The van der Waals surface area contributed by atoms with Crippen molar-refractivity contribution in [3.05, 3.63) is 58.7 Å². The highest BCUT2D eigenvalue weighted by Gasteiger charge is 2.52. The highest BCUT2D eigenvalue weighted by Crippen LogP contribution is 2.51. The lowest BCUT2D eigenvalue weighted by Gasteiger charge is -2.15. The van der Waals surface area contributed by atoms with E-state index in [0.717, 1.165) is 45.2 Å². The quantitative estimate of drug-likeness (QED) is 0.689. The Kier molecular flexibility index (Phi) is 3.61. The largest absolute Gasteiger partial charge is 0.497 e. The summed E-state index contributed by atoms with van der Waals surface area (Å²) in [7, 11) is 1.65. The van der Waals surface area contributed by atoms with Crippen LogP contribution in [-0.2, 0) is 10.2 Å². The molecule has 0 spiro atoms. The van der Waals surface area contributed by atoms with Crippen LogP contribution in [-0.4, -0.2) is 18.0 Å². The van der Waals surface area contributed by atoms with Crippen molar-refractivity contribution >= 4 is 38.4 Å². The number of fused-ring (bicyclic) bond motifs is 1. The summed E-state index contributed by atoms with van der Waals surface area (Å²) in [5.41, 5.74) is 2.42. The first-order chi connectivity index (χ1) is 11.6. The number of rotatable bonds is 4. The fraction of sp³-hybridized carbons (Fsp3) is 0.211. The first-order valence-corrected chi connectivity index (χ1v) is 8.64. The molecule has 122 valence electrons. The van der Waals surface area contributed by atoms with E-state index in [0.29, 0.717) is 0 Å². The smallest absolute Gasteiger partial charge is 0.235 e. The Bertz CT molecular complexity index is 928. The zero-order chi connectivity index (χ0) is 16.7. The number of hydrogen-bond donors (Lipinski definition) is 2. The number of H-pyrrole nitrogens is 1. The summed E-state index contributed by atoms with van der Waals surface area (Å²) in [6.45, 7) is 0. The van der Waals surface area contributed by atoms with E-state index in [2.05, 4.69) is 26.2 Å². The molecular formula is C19H17BrN2O2. The third-order valence-electron chi connectivity index (χ3n) is 4.67. The van der Waals surface area contributed by atoms with Gasteiger partial charge in [0.25, 0.3) is 0 Å². The van der Waals surface area contributed by atoms with E-state index in [-0.39, 0.29) is 5.91 Å². The third kappa shape index (κ3) is 2.49. The van der Waals surface area contributed by atoms with Crippen LogP contribution in [0, 0.1) is 0 Å². The van der Waals surface area contributed by atoms with Crippen molar-refractivity contribution in [1.29, 1.82) is 0 Å². The van der Waals surface area contributed by atoms with Crippen molar-refractivity contribution in [1.82, 2.24) is 4.98 Å². The number of amides is 1. The second-order valence-electron chi connectivity index (χ2n) is 6.16. The number of benzene rings is 2. The first-order valence-electron chi connectivity index (χ1n) is 7.85. The maximum Gasteiger partial charge on any atom is 0.235 e. The molecule has 1 heterocycles. The molecule has 24 heavy (non-hydrogen) atoms. The highest BCUT2D eigenvalue weighted by molar-refractivity contribution is 9.10. The number of ether oxygens (including phenoxy) is 1. The number of carbonyl (C=O) groups excluding carboxylic acids is 1. The molecule has 1 aliphatic rings. The highest BCUT2D eigenvalue weighted by atomic mass is 79.9. The van der Waals surface area contributed by atoms with Crippen molar-refractivity contribution in [3.63, 3.8) is 0 Å². The number of methoxy groups -OCH3 is 1. The van der Waals surface area contributed by atoms with E-state index in [1.807, 2.05) is 48.7 Å². The molecule has 1 saturated carbocycles. The van der Waals surface area contributed by atoms with E-state index in [9.17, 15) is 4.79 Å². The topological polar surface area (TPSA) is 54.1 Å². The molecule has 0 unspecified atom stereocenters. The number of carbonyl (C=O) groups is 1. The van der Waals surface area contributed by atoms with Crippen LogP contribution in [0.3, 0.4) is 0 Å². The number of nitrogens with one attached hydrogen (secondary N) is 2. The van der Waals surface area contributed by atoms with Crippen LogP contribution in [0.25, 0.3) is 10.9 Å². The molecule has 1 aliphatic carbocycles. The van der Waals surface area contributed by atoms with Gasteiger partial charge in [0.2, 0.25) is 5.91 Å². The Morgan fingerprint density at radius 2 is 2.08 bits per heavy atom. The third-order valence-corrected chi connectivity index (χ3v) is 5.16. The van der Waals surface area contributed by atoms with Crippen LogP contribution in [0.2, 0.25) is 0 Å². The predicted octanol–water partition coefficient (Wildman–Crippen LogP) is 4.61. The molecule has 0 aliphatic heterocycles. The lowest BCUT2D eigenvalue weighted by molar-refractivity contribution is -0.118. The predicted molar refractivity (Wildman–Crippen MR) is 98.5 cm³/mol. The Labute approximate surface area is 148 Å². The van der Waals surface area contributed by atoms with Crippen LogP contribution in [0.1, 0.15) is 18.4 Å². The Hall–Kier alpha value is -2.27. The van der Waals surface area contributed by atoms with Gasteiger partial charge in [0.15, 0.2) is 0 Å². The minimum Gasteiger partial charge on any atom is -0.497 e. The van der Waals surface area contributed by atoms with Crippen LogP contribution in [0.4, 0.5) is 5.69 Å². The van der Waals surface area contributed by atoms with E-state index in [1.54, 1.807) is 7.11 Å². The molecule has 4 nitrogen and oxygen atoms in total. The van der Waals surface area contributed by atoms with Crippen LogP contribution < -0.4 is 10.1 Å². The number of hydrogen-bond acceptors (Lipinski definition) is 2. The molecule has 0 radical (unpaired) electrons. The molecule has 0 atom stereocenters. The average molecular weight is 385 g/mol. The van der Waals surface area contributed by atoms with E-state index in [1.165, 1.54) is 0 Å². The molecule has 3 aromatic rings. The number of anilines is 1. The monoisotopic (exact) mass is 384 g/mol. The van der Waals surface area contributed by atoms with Gasteiger partial charge in [-0.1, -0.05) is 22.0 Å². The number of halogens is 1. The van der Waals surface area contributed by atoms with Crippen molar-refractivity contribution in [3.8, 4) is 5.75 Å². The Morgan fingerprint density at radius 3 is 2.79 bits per heavy atom. The van der Waals surface area contributed by atoms with Gasteiger partial charge in [-0.25, -0.2) is 0 Å². The summed E-state index contributed by atoms with van der Waals surface area (Å²) < 4.78 is 6.28. The molecule has 2 N–H and O–H groups in total. The standard InChI is InChI=1S/C19H17BrN2O2/c1-24-14-5-6-17-15(10-14)16(11-21-17)19(7-8-19)18(23)22-13-4-2-3-12(20)9-13/h2-6,9-11,21H,7-8H2,1H3,(H,22,23). The summed E-state index contributed by atoms with van der Waals surface area (Å²) in [5, 5.41) is 4.11. The normalized spacial score (nSPS) is 15.2. The van der Waals surface area contributed by atoms with Crippen molar-refractivity contribution in [2.75, 3.05) is 12.4 Å². The average Bonchev–Trinajstić information content (AvgIpc) is 3.28. The SMILES string of the molecule is COc1ccc2[nH]cc(C3(C(=O)Nc4cccc(Br)c4)CC3)c2c1. The van der Waals surface area contributed by atoms with E-state index < -0.39 is 5.41 Å². The summed E-state index contributed by atoms with van der Waals surface area (Å²) >= 11 is 3.44. The Balaban J connectivity index is 1.69. The molecule has 1 aromatic heterocycles. The maximum absolute atomic E-state index is 12.9. The second-order valence-corrected chi connectivity index (χ2v) is 7.08. The molecule has 1 fully saturated rings. The molecular weight excluding hydrogens is 368 g/mol. The lowest BCUT2D eigenvalue weighted by atomic mass is 9.94. The molecule has 2 aromatic carbocycles. The van der Waals surface area contributed by atoms with Gasteiger partial charge in [0, 0.05) is 27.3 Å². The molecule has 4 rings (SSSR count). The molecule has 0 bridgehead atoms. The summed E-state index contributed by atoms with van der Waals surface area (Å²) in [6, 6.07) is 13.6. The van der Waals surface area contributed by atoms with E-state index in [4.69, 9.17) is 4.74 Å². The number of aromatic nitrogens is 1. The second kappa shape index (κ2) is 5.67.